The van der Waals surface area contributed by atoms with Gasteiger partial charge in [-0.2, -0.15) is 0 Å². The summed E-state index contributed by atoms with van der Waals surface area (Å²) in [5.74, 6) is 0.329. The summed E-state index contributed by atoms with van der Waals surface area (Å²) in [6.45, 7) is 5.68. The molecule has 4 nitrogen and oxygen atoms in total. The average Bonchev–Trinajstić information content (AvgIpc) is 2.35. The maximum absolute atomic E-state index is 10.2. The van der Waals surface area contributed by atoms with Crippen molar-refractivity contribution in [1.29, 1.82) is 0 Å². The van der Waals surface area contributed by atoms with Gasteiger partial charge in [0.15, 0.2) is 0 Å². The van der Waals surface area contributed by atoms with Crippen LogP contribution in [0.3, 0.4) is 0 Å². The van der Waals surface area contributed by atoms with E-state index in [1.54, 1.807) is 0 Å². The van der Waals surface area contributed by atoms with E-state index in [0.29, 0.717) is 23.3 Å². The van der Waals surface area contributed by atoms with Gasteiger partial charge in [0.05, 0.1) is 33.1 Å². The second kappa shape index (κ2) is 6.14. The first kappa shape index (κ1) is 18.3. The van der Waals surface area contributed by atoms with Crippen molar-refractivity contribution in [2.24, 2.45) is 0 Å². The standard InChI is InChI=1S/C15H20B4N2O2/c1-7(2)23-11-4-10(8(3)12(16)13(11)20)9-5-14(17,18)21-15(19,22)6-9/h4,7,9,21-22H,5-6,20H2,1-3H3. The Morgan fingerprint density at radius 1 is 1.35 bits per heavy atom. The first-order valence-electron chi connectivity index (χ1n) is 7.65. The van der Waals surface area contributed by atoms with Crippen molar-refractivity contribution in [3.05, 3.63) is 17.2 Å². The van der Waals surface area contributed by atoms with E-state index >= 15 is 0 Å². The second-order valence-corrected chi connectivity index (χ2v) is 6.78. The fourth-order valence-corrected chi connectivity index (χ4v) is 3.17. The minimum atomic E-state index is -1.66. The van der Waals surface area contributed by atoms with Gasteiger partial charge in [0, 0.05) is 0 Å². The van der Waals surface area contributed by atoms with Crippen molar-refractivity contribution < 1.29 is 9.84 Å². The van der Waals surface area contributed by atoms with Crippen molar-refractivity contribution in [2.75, 3.05) is 5.73 Å². The highest BCUT2D eigenvalue weighted by Gasteiger charge is 2.39. The molecule has 1 aromatic carbocycles. The maximum Gasteiger partial charge on any atom is 0.142 e. The zero-order valence-corrected chi connectivity index (χ0v) is 13.9. The van der Waals surface area contributed by atoms with Gasteiger partial charge in [-0.05, 0) is 51.2 Å². The monoisotopic (exact) mass is 304 g/mol. The number of benzene rings is 1. The average molecular weight is 304 g/mol. The van der Waals surface area contributed by atoms with Crippen molar-refractivity contribution in [3.8, 4) is 5.75 Å². The van der Waals surface area contributed by atoms with Gasteiger partial charge in [0.25, 0.3) is 0 Å². The number of aliphatic hydroxyl groups is 1. The van der Waals surface area contributed by atoms with E-state index in [0.717, 1.165) is 11.1 Å². The molecule has 23 heavy (non-hydrogen) atoms. The SMILES string of the molecule is [B]c1c(C)c(C2CC([B])([B])NC([B])(O)C2)cc(OC(C)C)c1N. The Hall–Kier alpha value is -1.00. The molecular weight excluding hydrogens is 283 g/mol. The van der Waals surface area contributed by atoms with Gasteiger partial charge in [-0.3, -0.25) is 0 Å². The lowest BCUT2D eigenvalue weighted by Gasteiger charge is -2.47. The Morgan fingerprint density at radius 3 is 2.48 bits per heavy atom. The number of piperidine rings is 1. The van der Waals surface area contributed by atoms with E-state index < -0.39 is 11.0 Å². The number of ether oxygens (including phenoxy) is 1. The molecule has 1 saturated heterocycles. The first-order valence-corrected chi connectivity index (χ1v) is 7.65. The summed E-state index contributed by atoms with van der Waals surface area (Å²) in [6.07, 6.45) is 0.585. The van der Waals surface area contributed by atoms with Crippen LogP contribution in [0.2, 0.25) is 0 Å². The molecule has 0 aromatic heterocycles. The highest BCUT2D eigenvalue weighted by Crippen LogP contribution is 2.39. The number of anilines is 1. The maximum atomic E-state index is 10.2. The summed E-state index contributed by atoms with van der Waals surface area (Å²) in [5.41, 5.74) is 6.94. The Bertz CT molecular complexity index is 590. The van der Waals surface area contributed by atoms with Crippen LogP contribution in [-0.4, -0.2) is 53.6 Å². The van der Waals surface area contributed by atoms with Crippen LogP contribution in [-0.2, 0) is 0 Å². The van der Waals surface area contributed by atoms with E-state index in [2.05, 4.69) is 5.32 Å². The van der Waals surface area contributed by atoms with Gasteiger partial charge in [0.1, 0.15) is 21.4 Å². The lowest BCUT2D eigenvalue weighted by molar-refractivity contribution is 0.0393. The van der Waals surface area contributed by atoms with Crippen molar-refractivity contribution in [2.45, 2.75) is 56.6 Å². The molecule has 2 atom stereocenters. The van der Waals surface area contributed by atoms with Crippen molar-refractivity contribution in [3.63, 3.8) is 0 Å². The lowest BCUT2D eigenvalue weighted by Crippen LogP contribution is -2.64. The van der Waals surface area contributed by atoms with Gasteiger partial charge >= 0.3 is 0 Å². The van der Waals surface area contributed by atoms with E-state index in [-0.39, 0.29) is 18.4 Å². The zero-order chi connectivity index (χ0) is 17.6. The van der Waals surface area contributed by atoms with Gasteiger partial charge in [0.2, 0.25) is 0 Å². The number of rotatable bonds is 3. The molecule has 1 aromatic rings. The smallest absolute Gasteiger partial charge is 0.142 e. The molecule has 1 aliphatic heterocycles. The van der Waals surface area contributed by atoms with Crippen LogP contribution in [0.5, 0.6) is 5.75 Å². The Labute approximate surface area is 143 Å². The zero-order valence-electron chi connectivity index (χ0n) is 13.9. The Balaban J connectivity index is 2.48. The third kappa shape index (κ3) is 4.10. The lowest BCUT2D eigenvalue weighted by atomic mass is 9.52. The van der Waals surface area contributed by atoms with Gasteiger partial charge < -0.3 is 20.9 Å². The number of nitrogens with one attached hydrogen (secondary N) is 1. The van der Waals surface area contributed by atoms with E-state index in [9.17, 15) is 5.11 Å². The molecule has 1 heterocycles. The van der Waals surface area contributed by atoms with Crippen molar-refractivity contribution >= 4 is 42.5 Å². The summed E-state index contributed by atoms with van der Waals surface area (Å²) in [7, 11) is 23.9. The van der Waals surface area contributed by atoms with Crippen LogP contribution in [0.4, 0.5) is 5.69 Å². The summed E-state index contributed by atoms with van der Waals surface area (Å²) < 4.78 is 5.74. The van der Waals surface area contributed by atoms with Crippen molar-refractivity contribution in [1.82, 2.24) is 5.32 Å². The van der Waals surface area contributed by atoms with Gasteiger partial charge in [-0.25, -0.2) is 0 Å². The van der Waals surface area contributed by atoms with Crippen LogP contribution in [0.15, 0.2) is 6.07 Å². The highest BCUT2D eigenvalue weighted by molar-refractivity contribution is 6.40. The molecule has 0 bridgehead atoms. The third-order valence-electron chi connectivity index (χ3n) is 4.07. The van der Waals surface area contributed by atoms with Crippen LogP contribution >= 0.6 is 0 Å². The number of hydrogen-bond acceptors (Lipinski definition) is 4. The van der Waals surface area contributed by atoms with E-state index in [1.807, 2.05) is 26.8 Å². The molecule has 8 radical (unpaired) electrons. The normalized spacial score (nSPS) is 27.1. The summed E-state index contributed by atoms with van der Waals surface area (Å²) in [5, 5.41) is 11.5. The summed E-state index contributed by atoms with van der Waals surface area (Å²) >= 11 is 0. The molecule has 114 valence electrons. The van der Waals surface area contributed by atoms with Crippen LogP contribution in [0, 0.1) is 6.92 Å². The molecule has 1 aliphatic rings. The minimum Gasteiger partial charge on any atom is -0.489 e. The van der Waals surface area contributed by atoms with Crippen LogP contribution in [0.25, 0.3) is 0 Å². The molecule has 8 heteroatoms. The highest BCUT2D eigenvalue weighted by atomic mass is 16.5. The van der Waals surface area contributed by atoms with E-state index in [1.165, 1.54) is 0 Å². The molecule has 0 spiro atoms. The molecular formula is C15H20B4N2O2. The Morgan fingerprint density at radius 2 is 1.96 bits per heavy atom. The molecule has 1 fully saturated rings. The molecule has 0 amide bonds. The molecule has 2 unspecified atom stereocenters. The fourth-order valence-electron chi connectivity index (χ4n) is 3.17. The predicted octanol–water partition coefficient (Wildman–Crippen LogP) is -0.569. The third-order valence-corrected chi connectivity index (χ3v) is 4.07. The molecule has 4 N–H and O–H groups in total. The first-order chi connectivity index (χ1) is 10.4. The predicted molar refractivity (Wildman–Crippen MR) is 96.8 cm³/mol. The Kier molecular flexibility index (Phi) is 4.89. The molecule has 0 aliphatic carbocycles. The quantitative estimate of drug-likeness (QED) is 0.517. The van der Waals surface area contributed by atoms with Gasteiger partial charge in [-0.15, -0.1) is 0 Å². The number of nitrogen functional groups attached to an aromatic ring is 1. The van der Waals surface area contributed by atoms with Crippen LogP contribution < -0.4 is 21.3 Å². The number of nitrogens with two attached hydrogens (primary N) is 1. The van der Waals surface area contributed by atoms with Gasteiger partial charge in [-0.1, -0.05) is 16.4 Å². The van der Waals surface area contributed by atoms with Crippen LogP contribution in [0.1, 0.15) is 43.7 Å². The fraction of sp³-hybridized carbons (Fsp3) is 0.600. The van der Waals surface area contributed by atoms with E-state index in [4.69, 9.17) is 41.9 Å². The molecule has 0 saturated carbocycles. The molecule has 2 rings (SSSR count). The largest absolute Gasteiger partial charge is 0.489 e. The minimum absolute atomic E-state index is 0.0465. The summed E-state index contributed by atoms with van der Waals surface area (Å²) in [4.78, 5) is 0. The second-order valence-electron chi connectivity index (χ2n) is 6.78. The number of hydrogen-bond donors (Lipinski definition) is 3. The topological polar surface area (TPSA) is 67.5 Å². The summed E-state index contributed by atoms with van der Waals surface area (Å²) in [6, 6.07) is 1.84.